The highest BCUT2D eigenvalue weighted by Crippen LogP contribution is 2.47. The summed E-state index contributed by atoms with van der Waals surface area (Å²) in [6.07, 6.45) is 6.36. The van der Waals surface area contributed by atoms with Gasteiger partial charge in [-0.2, -0.15) is 0 Å². The van der Waals surface area contributed by atoms with E-state index in [1.54, 1.807) is 31.4 Å². The molecule has 0 amide bonds. The Morgan fingerprint density at radius 2 is 1.87 bits per heavy atom. The van der Waals surface area contributed by atoms with Gasteiger partial charge < -0.3 is 19.9 Å². The molecule has 3 aromatic rings. The molecule has 1 aliphatic heterocycles. The Morgan fingerprint density at radius 1 is 1.08 bits per heavy atom. The number of hydrogen-bond donors (Lipinski definition) is 2. The first-order valence-corrected chi connectivity index (χ1v) is 12.8. The number of phenolic OH excluding ortho intramolecular Hbond substituents is 1. The summed E-state index contributed by atoms with van der Waals surface area (Å²) in [5.74, 6) is 2.03. The third kappa shape index (κ3) is 5.17. The number of dihydropyridines is 1. The molecule has 1 heterocycles. The van der Waals surface area contributed by atoms with Gasteiger partial charge in [0.2, 0.25) is 0 Å². The van der Waals surface area contributed by atoms with Crippen molar-refractivity contribution >= 4 is 11.8 Å². The van der Waals surface area contributed by atoms with Crippen LogP contribution in [0.25, 0.3) is 0 Å². The number of benzene rings is 3. The number of ketones is 1. The van der Waals surface area contributed by atoms with Crippen LogP contribution in [0.2, 0.25) is 0 Å². The first-order valence-electron chi connectivity index (χ1n) is 12.8. The summed E-state index contributed by atoms with van der Waals surface area (Å²) >= 11 is 0. The molecule has 196 valence electrons. The predicted octanol–water partition coefficient (Wildman–Crippen LogP) is 5.49. The predicted molar refractivity (Wildman–Crippen MR) is 148 cm³/mol. The average molecular weight is 520 g/mol. The van der Waals surface area contributed by atoms with Gasteiger partial charge in [0.1, 0.15) is 18.1 Å². The van der Waals surface area contributed by atoms with Gasteiger partial charge >= 0.3 is 5.97 Å². The second-order valence-electron chi connectivity index (χ2n) is 9.78. The largest absolute Gasteiger partial charge is 0.508 e. The van der Waals surface area contributed by atoms with Gasteiger partial charge in [0, 0.05) is 40.8 Å². The van der Waals surface area contributed by atoms with Crippen molar-refractivity contribution in [3.8, 4) is 23.8 Å². The summed E-state index contributed by atoms with van der Waals surface area (Å²) in [7, 11) is 1.62. The molecule has 0 spiro atoms. The lowest BCUT2D eigenvalue weighted by Gasteiger charge is -2.37. The number of ether oxygens (including phenoxy) is 2. The van der Waals surface area contributed by atoms with E-state index < -0.39 is 11.9 Å². The topological polar surface area (TPSA) is 84.9 Å². The fourth-order valence-electron chi connectivity index (χ4n) is 5.55. The fraction of sp³-hybridized carbons (Fsp3) is 0.212. The minimum Gasteiger partial charge on any atom is -0.508 e. The Balaban J connectivity index is 1.51. The van der Waals surface area contributed by atoms with Crippen molar-refractivity contribution in [3.63, 3.8) is 0 Å². The number of Topliss-reactive ketones (excluding diaryl/α,β-unsaturated/α-hetero) is 1. The van der Waals surface area contributed by atoms with Crippen LogP contribution >= 0.6 is 0 Å². The van der Waals surface area contributed by atoms with Gasteiger partial charge in [0.05, 0.1) is 12.7 Å². The van der Waals surface area contributed by atoms with Crippen molar-refractivity contribution in [2.75, 3.05) is 7.11 Å². The van der Waals surface area contributed by atoms with E-state index in [2.05, 4.69) is 11.2 Å². The number of methoxy groups -OCH3 is 1. The van der Waals surface area contributed by atoms with E-state index in [0.717, 1.165) is 22.6 Å². The number of aromatic hydroxyl groups is 1. The van der Waals surface area contributed by atoms with Crippen molar-refractivity contribution < 1.29 is 24.2 Å². The Labute approximate surface area is 228 Å². The van der Waals surface area contributed by atoms with Crippen LogP contribution in [0.4, 0.5) is 0 Å². The smallest absolute Gasteiger partial charge is 0.337 e. The number of terminal acetylenes is 1. The number of rotatable bonds is 6. The second kappa shape index (κ2) is 10.9. The number of nitrogens with one attached hydrogen (secondary N) is 1. The molecule has 2 unspecified atom stereocenters. The Bertz CT molecular complexity index is 1560. The number of phenols is 1. The zero-order chi connectivity index (χ0) is 27.5. The van der Waals surface area contributed by atoms with Crippen LogP contribution < -0.4 is 10.1 Å². The maximum atomic E-state index is 13.8. The fourth-order valence-corrected chi connectivity index (χ4v) is 5.55. The van der Waals surface area contributed by atoms with Crippen LogP contribution in [0, 0.1) is 12.3 Å². The zero-order valence-electron chi connectivity index (χ0n) is 21.9. The molecular weight excluding hydrogens is 490 g/mol. The summed E-state index contributed by atoms with van der Waals surface area (Å²) in [4.78, 5) is 27.4. The van der Waals surface area contributed by atoms with Crippen molar-refractivity contribution in [2.24, 2.45) is 0 Å². The summed E-state index contributed by atoms with van der Waals surface area (Å²) in [5.41, 5.74) is 5.33. The monoisotopic (exact) mass is 519 g/mol. The number of para-hydroxylation sites is 1. The van der Waals surface area contributed by atoms with E-state index in [4.69, 9.17) is 15.9 Å². The van der Waals surface area contributed by atoms with Crippen LogP contribution in [-0.4, -0.2) is 24.0 Å². The molecule has 39 heavy (non-hydrogen) atoms. The summed E-state index contributed by atoms with van der Waals surface area (Å²) in [5, 5.41) is 13.6. The van der Waals surface area contributed by atoms with Gasteiger partial charge in [-0.25, -0.2) is 4.79 Å². The molecule has 0 saturated heterocycles. The maximum Gasteiger partial charge on any atom is 0.337 e. The SMILES string of the molecule is C#Cc1cccc(COC(=O)C2=C(C)NC3=C(C(=O)CC(c4ccccc4OC)C3)C2c2cccc(O)c2)c1. The molecule has 1 aliphatic carbocycles. The molecule has 0 bridgehead atoms. The van der Waals surface area contributed by atoms with Crippen LogP contribution in [0.15, 0.2) is 95.3 Å². The number of hydrogen-bond acceptors (Lipinski definition) is 6. The van der Waals surface area contributed by atoms with E-state index >= 15 is 0 Å². The lowest BCUT2D eigenvalue weighted by molar-refractivity contribution is -0.140. The second-order valence-corrected chi connectivity index (χ2v) is 9.78. The minimum atomic E-state index is -0.677. The maximum absolute atomic E-state index is 13.8. The lowest BCUT2D eigenvalue weighted by atomic mass is 9.71. The van der Waals surface area contributed by atoms with Crippen LogP contribution in [0.1, 0.15) is 53.9 Å². The lowest BCUT2D eigenvalue weighted by Crippen LogP contribution is -2.36. The van der Waals surface area contributed by atoms with E-state index in [1.807, 2.05) is 55.5 Å². The molecular formula is C33H29NO5. The molecule has 3 aromatic carbocycles. The molecule has 6 heteroatoms. The Kier molecular flexibility index (Phi) is 7.25. The van der Waals surface area contributed by atoms with E-state index in [1.165, 1.54) is 0 Å². The molecule has 0 saturated carbocycles. The first kappa shape index (κ1) is 25.9. The van der Waals surface area contributed by atoms with Gasteiger partial charge in [0.15, 0.2) is 5.78 Å². The summed E-state index contributed by atoms with van der Waals surface area (Å²) < 4.78 is 11.3. The summed E-state index contributed by atoms with van der Waals surface area (Å²) in [6.45, 7) is 1.85. The van der Waals surface area contributed by atoms with Crippen LogP contribution in [0.3, 0.4) is 0 Å². The molecule has 0 fully saturated rings. The number of carbonyl (C=O) groups excluding carboxylic acids is 2. The highest BCUT2D eigenvalue weighted by Gasteiger charge is 2.42. The molecule has 5 rings (SSSR count). The standard InChI is InChI=1S/C33H29NO5/c1-4-21-9-7-10-22(15-21)19-39-33(37)30-20(2)34-27-17-24(26-13-5-6-14-29(26)38-3)18-28(36)32(27)31(30)23-11-8-12-25(35)16-23/h1,5-16,24,31,34-35H,17-19H2,2-3H3. The third-order valence-electron chi connectivity index (χ3n) is 7.29. The Morgan fingerprint density at radius 3 is 2.64 bits per heavy atom. The highest BCUT2D eigenvalue weighted by molar-refractivity contribution is 6.04. The van der Waals surface area contributed by atoms with Crippen molar-refractivity contribution in [2.45, 2.75) is 38.2 Å². The van der Waals surface area contributed by atoms with Gasteiger partial charge in [-0.1, -0.05) is 48.4 Å². The average Bonchev–Trinajstić information content (AvgIpc) is 2.95. The molecule has 0 aromatic heterocycles. The van der Waals surface area contributed by atoms with Gasteiger partial charge in [0.25, 0.3) is 0 Å². The first-order chi connectivity index (χ1) is 18.9. The highest BCUT2D eigenvalue weighted by atomic mass is 16.5. The van der Waals surface area contributed by atoms with Crippen molar-refractivity contribution in [3.05, 3.63) is 118 Å². The van der Waals surface area contributed by atoms with Crippen LogP contribution in [-0.2, 0) is 20.9 Å². The number of esters is 1. The molecule has 2 N–H and O–H groups in total. The normalized spacial score (nSPS) is 18.6. The molecule has 6 nitrogen and oxygen atoms in total. The van der Waals surface area contributed by atoms with Crippen molar-refractivity contribution in [1.29, 1.82) is 0 Å². The minimum absolute atomic E-state index is 0.0353. The quantitative estimate of drug-likeness (QED) is 0.331. The van der Waals surface area contributed by atoms with Gasteiger partial charge in [-0.15, -0.1) is 6.42 Å². The van der Waals surface area contributed by atoms with E-state index in [-0.39, 0.29) is 30.5 Å². The van der Waals surface area contributed by atoms with Gasteiger partial charge in [-0.3, -0.25) is 4.79 Å². The third-order valence-corrected chi connectivity index (χ3v) is 7.29. The number of carbonyl (C=O) groups is 2. The number of allylic oxidation sites excluding steroid dienone is 3. The molecule has 0 radical (unpaired) electrons. The Hall–Kier alpha value is -4.76. The van der Waals surface area contributed by atoms with Crippen LogP contribution in [0.5, 0.6) is 11.5 Å². The molecule has 2 atom stereocenters. The zero-order valence-corrected chi connectivity index (χ0v) is 21.9. The van der Waals surface area contributed by atoms with E-state index in [0.29, 0.717) is 34.4 Å². The van der Waals surface area contributed by atoms with Gasteiger partial charge in [-0.05, 0) is 60.4 Å². The summed E-state index contributed by atoms with van der Waals surface area (Å²) in [6, 6.07) is 21.7. The molecule has 2 aliphatic rings. The van der Waals surface area contributed by atoms with Crippen molar-refractivity contribution in [1.82, 2.24) is 5.32 Å². The van der Waals surface area contributed by atoms with E-state index in [9.17, 15) is 14.7 Å².